The number of nitrogens with one attached hydrogen (secondary N) is 2. The van der Waals surface area contributed by atoms with E-state index in [0.29, 0.717) is 11.4 Å². The van der Waals surface area contributed by atoms with Gasteiger partial charge in [0.2, 0.25) is 0 Å². The molecule has 0 fully saturated rings. The molecule has 0 aliphatic carbocycles. The van der Waals surface area contributed by atoms with Crippen LogP contribution in [0.4, 0.5) is 5.69 Å². The van der Waals surface area contributed by atoms with Gasteiger partial charge in [-0.3, -0.25) is 4.72 Å². The molecule has 0 spiro atoms. The normalized spacial score (nSPS) is 11.5. The fraction of sp³-hybridized carbons (Fsp3) is 0.125. The Bertz CT molecular complexity index is 912. The highest BCUT2D eigenvalue weighted by Crippen LogP contribution is 2.23. The minimum Gasteiger partial charge on any atom is -0.497 e. The van der Waals surface area contributed by atoms with E-state index in [1.165, 1.54) is 19.2 Å². The standard InChI is InChI=1S/C16H16N2O3S/c1-11-9-12-10-13(3-8-16(12)17-11)18-22(19,20)15-6-4-14(21-2)5-7-15/h3-10,17-18H,1-2H3. The summed E-state index contributed by atoms with van der Waals surface area (Å²) in [6, 6.07) is 13.6. The van der Waals surface area contributed by atoms with Crippen molar-refractivity contribution < 1.29 is 13.2 Å². The number of fused-ring (bicyclic) bond motifs is 1. The summed E-state index contributed by atoms with van der Waals surface area (Å²) in [5.74, 6) is 0.614. The molecule has 2 aromatic carbocycles. The summed E-state index contributed by atoms with van der Waals surface area (Å²) >= 11 is 0. The maximum Gasteiger partial charge on any atom is 0.261 e. The van der Waals surface area contributed by atoms with E-state index >= 15 is 0 Å². The fourth-order valence-corrected chi connectivity index (χ4v) is 3.36. The van der Waals surface area contributed by atoms with Crippen LogP contribution in [0.15, 0.2) is 53.4 Å². The van der Waals surface area contributed by atoms with Gasteiger partial charge in [0, 0.05) is 22.3 Å². The molecule has 0 aliphatic heterocycles. The van der Waals surface area contributed by atoms with Crippen LogP contribution >= 0.6 is 0 Å². The molecule has 6 heteroatoms. The van der Waals surface area contributed by atoms with E-state index in [1.807, 2.05) is 19.1 Å². The van der Waals surface area contributed by atoms with Gasteiger partial charge in [-0.2, -0.15) is 0 Å². The second kappa shape index (κ2) is 5.38. The van der Waals surface area contributed by atoms with E-state index in [0.717, 1.165) is 16.6 Å². The summed E-state index contributed by atoms with van der Waals surface area (Å²) in [5, 5.41) is 0.965. The summed E-state index contributed by atoms with van der Waals surface area (Å²) in [5.41, 5.74) is 2.54. The lowest BCUT2D eigenvalue weighted by molar-refractivity contribution is 0.414. The van der Waals surface area contributed by atoms with Crippen LogP contribution in [0.5, 0.6) is 5.75 Å². The first-order valence-electron chi connectivity index (χ1n) is 6.74. The zero-order valence-corrected chi connectivity index (χ0v) is 13.1. The Morgan fingerprint density at radius 2 is 1.77 bits per heavy atom. The molecule has 0 bridgehead atoms. The number of rotatable bonds is 4. The Morgan fingerprint density at radius 1 is 1.05 bits per heavy atom. The van der Waals surface area contributed by atoms with Crippen molar-refractivity contribution in [1.82, 2.24) is 4.98 Å². The van der Waals surface area contributed by atoms with Gasteiger partial charge in [-0.05, 0) is 55.5 Å². The van der Waals surface area contributed by atoms with E-state index in [2.05, 4.69) is 9.71 Å². The summed E-state index contributed by atoms with van der Waals surface area (Å²) < 4.78 is 32.4. The van der Waals surface area contributed by atoms with Gasteiger partial charge >= 0.3 is 0 Å². The molecule has 2 N–H and O–H groups in total. The van der Waals surface area contributed by atoms with Crippen molar-refractivity contribution >= 4 is 26.6 Å². The molecule has 0 amide bonds. The molecule has 3 aromatic rings. The van der Waals surface area contributed by atoms with Gasteiger partial charge in [0.1, 0.15) is 5.75 Å². The van der Waals surface area contributed by atoms with Gasteiger partial charge in [0.15, 0.2) is 0 Å². The van der Waals surface area contributed by atoms with Gasteiger partial charge in [0.25, 0.3) is 10.0 Å². The van der Waals surface area contributed by atoms with E-state index in [-0.39, 0.29) is 4.90 Å². The number of hydrogen-bond donors (Lipinski definition) is 2. The smallest absolute Gasteiger partial charge is 0.261 e. The minimum absolute atomic E-state index is 0.193. The second-order valence-corrected chi connectivity index (χ2v) is 6.72. The number of aryl methyl sites for hydroxylation is 1. The van der Waals surface area contributed by atoms with Crippen molar-refractivity contribution in [3.05, 3.63) is 54.2 Å². The zero-order chi connectivity index (χ0) is 15.7. The van der Waals surface area contributed by atoms with Crippen molar-refractivity contribution in [3.8, 4) is 5.75 Å². The highest BCUT2D eigenvalue weighted by molar-refractivity contribution is 7.92. The number of methoxy groups -OCH3 is 1. The molecule has 0 unspecified atom stereocenters. The lowest BCUT2D eigenvalue weighted by Gasteiger charge is -2.09. The lowest BCUT2D eigenvalue weighted by Crippen LogP contribution is -2.12. The number of H-pyrrole nitrogens is 1. The van der Waals surface area contributed by atoms with Crippen molar-refractivity contribution in [2.75, 3.05) is 11.8 Å². The summed E-state index contributed by atoms with van der Waals surface area (Å²) in [6.07, 6.45) is 0. The molecule has 0 radical (unpaired) electrons. The van der Waals surface area contributed by atoms with Gasteiger partial charge < -0.3 is 9.72 Å². The molecule has 1 heterocycles. The van der Waals surface area contributed by atoms with Crippen molar-refractivity contribution in [1.29, 1.82) is 0 Å². The predicted molar refractivity (Wildman–Crippen MR) is 86.8 cm³/mol. The summed E-state index contributed by atoms with van der Waals surface area (Å²) in [6.45, 7) is 1.96. The SMILES string of the molecule is COc1ccc(S(=O)(=O)Nc2ccc3[nH]c(C)cc3c2)cc1. The first-order valence-corrected chi connectivity index (χ1v) is 8.22. The van der Waals surface area contributed by atoms with Crippen molar-refractivity contribution in [2.24, 2.45) is 0 Å². The predicted octanol–water partition coefficient (Wildman–Crippen LogP) is 3.29. The van der Waals surface area contributed by atoms with Crippen molar-refractivity contribution in [2.45, 2.75) is 11.8 Å². The van der Waals surface area contributed by atoms with Gasteiger partial charge in [-0.1, -0.05) is 0 Å². The molecule has 0 aliphatic rings. The first kappa shape index (κ1) is 14.5. The minimum atomic E-state index is -3.62. The Morgan fingerprint density at radius 3 is 2.45 bits per heavy atom. The number of sulfonamides is 1. The maximum atomic E-state index is 12.4. The quantitative estimate of drug-likeness (QED) is 0.776. The van der Waals surface area contributed by atoms with E-state index in [9.17, 15) is 8.42 Å². The summed E-state index contributed by atoms with van der Waals surface area (Å²) in [4.78, 5) is 3.39. The average Bonchev–Trinajstić information content (AvgIpc) is 2.86. The largest absolute Gasteiger partial charge is 0.497 e. The third-order valence-electron chi connectivity index (χ3n) is 3.38. The Kier molecular flexibility index (Phi) is 3.54. The molecular formula is C16H16N2O3S. The van der Waals surface area contributed by atoms with E-state index < -0.39 is 10.0 Å². The molecule has 1 aromatic heterocycles. The number of ether oxygens (including phenoxy) is 1. The molecule has 114 valence electrons. The number of aromatic nitrogens is 1. The van der Waals surface area contributed by atoms with Gasteiger partial charge in [-0.25, -0.2) is 8.42 Å². The molecule has 0 saturated heterocycles. The lowest BCUT2D eigenvalue weighted by atomic mass is 10.2. The first-order chi connectivity index (χ1) is 10.5. The number of hydrogen-bond acceptors (Lipinski definition) is 3. The van der Waals surface area contributed by atoms with Crippen LogP contribution in [-0.2, 0) is 10.0 Å². The molecule has 3 rings (SSSR count). The monoisotopic (exact) mass is 316 g/mol. The topological polar surface area (TPSA) is 71.2 Å². The highest BCUT2D eigenvalue weighted by atomic mass is 32.2. The molecular weight excluding hydrogens is 300 g/mol. The molecule has 0 atom stereocenters. The fourth-order valence-electron chi connectivity index (χ4n) is 2.31. The van der Waals surface area contributed by atoms with Gasteiger partial charge in [-0.15, -0.1) is 0 Å². The Balaban J connectivity index is 1.91. The number of anilines is 1. The average molecular weight is 316 g/mol. The Labute approximate surface area is 129 Å². The van der Waals surface area contributed by atoms with Crippen LogP contribution in [0.2, 0.25) is 0 Å². The third-order valence-corrected chi connectivity index (χ3v) is 4.77. The molecule has 22 heavy (non-hydrogen) atoms. The zero-order valence-electron chi connectivity index (χ0n) is 12.3. The highest BCUT2D eigenvalue weighted by Gasteiger charge is 2.14. The number of benzene rings is 2. The van der Waals surface area contributed by atoms with Crippen LogP contribution < -0.4 is 9.46 Å². The van der Waals surface area contributed by atoms with E-state index in [4.69, 9.17) is 4.74 Å². The second-order valence-electron chi connectivity index (χ2n) is 5.04. The van der Waals surface area contributed by atoms with Crippen molar-refractivity contribution in [3.63, 3.8) is 0 Å². The maximum absolute atomic E-state index is 12.4. The van der Waals surface area contributed by atoms with Gasteiger partial charge in [0.05, 0.1) is 12.0 Å². The molecule has 5 nitrogen and oxygen atoms in total. The Hall–Kier alpha value is -2.47. The van der Waals surface area contributed by atoms with Crippen LogP contribution in [-0.4, -0.2) is 20.5 Å². The van der Waals surface area contributed by atoms with Crippen LogP contribution in [0.25, 0.3) is 10.9 Å². The molecule has 0 saturated carbocycles. The van der Waals surface area contributed by atoms with E-state index in [1.54, 1.807) is 24.3 Å². The van der Waals surface area contributed by atoms with Crippen LogP contribution in [0, 0.1) is 6.92 Å². The third kappa shape index (κ3) is 2.78. The number of aromatic amines is 1. The summed E-state index contributed by atoms with van der Waals surface area (Å²) in [7, 11) is -2.08. The van der Waals surface area contributed by atoms with Crippen LogP contribution in [0.3, 0.4) is 0 Å². The van der Waals surface area contributed by atoms with Crippen LogP contribution in [0.1, 0.15) is 5.69 Å².